The van der Waals surface area contributed by atoms with Crippen LogP contribution in [-0.4, -0.2) is 21.9 Å². The normalized spacial score (nSPS) is 47.3. The molecule has 0 aromatic heterocycles. The summed E-state index contributed by atoms with van der Waals surface area (Å²) in [6.07, 6.45) is 16.3. The van der Waals surface area contributed by atoms with Crippen LogP contribution in [-0.2, 0) is 0 Å². The largest absolute Gasteiger partial charge is 0.393 e. The molecule has 0 aromatic carbocycles. The van der Waals surface area contributed by atoms with Crippen LogP contribution in [0.2, 0.25) is 0 Å². The first kappa shape index (κ1) is 28.7. The van der Waals surface area contributed by atoms with Crippen molar-refractivity contribution < 1.29 is 10.2 Å². The molecule has 0 heterocycles. The molecule has 10 atom stereocenters. The lowest BCUT2D eigenvalue weighted by Gasteiger charge is -2.71. The minimum Gasteiger partial charge on any atom is -0.393 e. The number of hydrogen-bond acceptors (Lipinski definition) is 2. The molecule has 0 spiro atoms. The summed E-state index contributed by atoms with van der Waals surface area (Å²) in [5.41, 5.74) is 1.68. The Morgan fingerprint density at radius 1 is 0.944 bits per heavy atom. The Labute approximate surface area is 224 Å². The van der Waals surface area contributed by atoms with Gasteiger partial charge in [0.15, 0.2) is 0 Å². The highest BCUT2D eigenvalue weighted by Gasteiger charge is 2.71. The van der Waals surface area contributed by atoms with Gasteiger partial charge >= 0.3 is 0 Å². The van der Waals surface area contributed by atoms with Crippen LogP contribution >= 0.6 is 0 Å². The quantitative estimate of drug-likeness (QED) is 0.342. The van der Waals surface area contributed by atoms with Gasteiger partial charge in [0.25, 0.3) is 0 Å². The van der Waals surface area contributed by atoms with Gasteiger partial charge in [0.05, 0.1) is 11.7 Å². The van der Waals surface area contributed by atoms with Crippen LogP contribution in [0.3, 0.4) is 0 Å². The Morgan fingerprint density at radius 3 is 2.25 bits per heavy atom. The first-order chi connectivity index (χ1) is 16.6. The zero-order chi connectivity index (χ0) is 26.7. The zero-order valence-electron chi connectivity index (χ0n) is 25.4. The van der Waals surface area contributed by atoms with E-state index in [0.29, 0.717) is 16.7 Å². The average molecular weight is 501 g/mol. The van der Waals surface area contributed by atoms with Crippen molar-refractivity contribution in [3.8, 4) is 0 Å². The van der Waals surface area contributed by atoms with Crippen molar-refractivity contribution in [3.63, 3.8) is 0 Å². The van der Waals surface area contributed by atoms with Crippen molar-refractivity contribution in [2.24, 2.45) is 51.2 Å². The minimum atomic E-state index is -0.709. The second-order valence-corrected chi connectivity index (χ2v) is 15.8. The fourth-order valence-electron chi connectivity index (χ4n) is 11.3. The SMILES string of the molecule is CCCCC1CCC2(C)C(CC[C@]3(C)C2C[C@@H](O)C2C([C@@](C)(O)CCC=C(C)C)CC[C@]23C)C1(C)C. The second kappa shape index (κ2) is 9.69. The standard InChI is InChI=1S/C34H60O2/c1-10-11-14-24-15-19-31(6)27(30(24,4)5)17-21-32(7)28(31)22-26(35)29-25(16-20-33(29,32)8)34(9,36)18-12-13-23(2)3/h13,24-29,35-36H,10-12,14-22H2,1-9H3/t24?,25?,26-,27?,28?,29?,31?,32-,33-,34+/m1/s1. The van der Waals surface area contributed by atoms with Gasteiger partial charge in [0, 0.05) is 0 Å². The number of allylic oxidation sites excluding steroid dienone is 2. The zero-order valence-corrected chi connectivity index (χ0v) is 25.4. The third kappa shape index (κ3) is 4.27. The van der Waals surface area contributed by atoms with Crippen LogP contribution in [0.25, 0.3) is 0 Å². The van der Waals surface area contributed by atoms with Gasteiger partial charge in [-0.1, -0.05) is 66.0 Å². The van der Waals surface area contributed by atoms with Crippen LogP contribution in [0, 0.1) is 51.2 Å². The Balaban J connectivity index is 1.63. The molecular weight excluding hydrogens is 440 g/mol. The van der Waals surface area contributed by atoms with E-state index in [1.807, 2.05) is 0 Å². The highest BCUT2D eigenvalue weighted by molar-refractivity contribution is 5.20. The molecule has 208 valence electrons. The van der Waals surface area contributed by atoms with Gasteiger partial charge in [-0.05, 0) is 136 Å². The molecule has 4 fully saturated rings. The molecule has 6 unspecified atom stereocenters. The number of unbranched alkanes of at least 4 members (excludes halogenated alkanes) is 1. The number of rotatable bonds is 7. The van der Waals surface area contributed by atoms with Gasteiger partial charge in [0.1, 0.15) is 0 Å². The molecule has 0 radical (unpaired) electrons. The van der Waals surface area contributed by atoms with Gasteiger partial charge in [-0.2, -0.15) is 0 Å². The van der Waals surface area contributed by atoms with Crippen LogP contribution < -0.4 is 0 Å². The molecule has 4 aliphatic rings. The van der Waals surface area contributed by atoms with E-state index in [2.05, 4.69) is 68.4 Å². The van der Waals surface area contributed by atoms with Crippen molar-refractivity contribution in [2.75, 3.05) is 0 Å². The summed E-state index contributed by atoms with van der Waals surface area (Å²) < 4.78 is 0. The van der Waals surface area contributed by atoms with Gasteiger partial charge in [0.2, 0.25) is 0 Å². The van der Waals surface area contributed by atoms with Gasteiger partial charge in [-0.25, -0.2) is 0 Å². The highest BCUT2D eigenvalue weighted by atomic mass is 16.3. The lowest BCUT2D eigenvalue weighted by atomic mass is 9.34. The van der Waals surface area contributed by atoms with E-state index in [4.69, 9.17) is 0 Å². The number of aliphatic hydroxyl groups is 2. The lowest BCUT2D eigenvalue weighted by molar-refractivity contribution is -0.241. The van der Waals surface area contributed by atoms with Crippen LogP contribution in [0.5, 0.6) is 0 Å². The summed E-state index contributed by atoms with van der Waals surface area (Å²) in [6.45, 7) is 21.7. The molecular formula is C34H60O2. The van der Waals surface area contributed by atoms with E-state index in [0.717, 1.165) is 43.9 Å². The second-order valence-electron chi connectivity index (χ2n) is 15.8. The third-order valence-electron chi connectivity index (χ3n) is 13.5. The van der Waals surface area contributed by atoms with E-state index in [1.54, 1.807) is 0 Å². The molecule has 4 aliphatic carbocycles. The van der Waals surface area contributed by atoms with Crippen LogP contribution in [0.4, 0.5) is 0 Å². The molecule has 0 amide bonds. The van der Waals surface area contributed by atoms with Crippen LogP contribution in [0.15, 0.2) is 11.6 Å². The van der Waals surface area contributed by atoms with Crippen LogP contribution in [0.1, 0.15) is 139 Å². The van der Waals surface area contributed by atoms with Gasteiger partial charge in [-0.3, -0.25) is 0 Å². The highest BCUT2D eigenvalue weighted by Crippen LogP contribution is 2.76. The first-order valence-corrected chi connectivity index (χ1v) is 15.7. The number of hydrogen-bond donors (Lipinski definition) is 2. The van der Waals surface area contributed by atoms with Crippen molar-refractivity contribution in [1.29, 1.82) is 0 Å². The topological polar surface area (TPSA) is 40.5 Å². The summed E-state index contributed by atoms with van der Waals surface area (Å²) in [6, 6.07) is 0. The molecule has 0 aliphatic heterocycles. The summed E-state index contributed by atoms with van der Waals surface area (Å²) in [5.74, 6) is 2.61. The predicted molar refractivity (Wildman–Crippen MR) is 153 cm³/mol. The van der Waals surface area contributed by atoms with E-state index in [1.165, 1.54) is 50.5 Å². The Bertz CT molecular complexity index is 821. The number of aliphatic hydroxyl groups excluding tert-OH is 1. The molecule has 2 N–H and O–H groups in total. The Kier molecular flexibility index (Phi) is 7.71. The maximum absolute atomic E-state index is 11.9. The van der Waals surface area contributed by atoms with E-state index in [-0.39, 0.29) is 28.8 Å². The van der Waals surface area contributed by atoms with Gasteiger partial charge < -0.3 is 10.2 Å². The molecule has 0 aromatic rings. The number of fused-ring (bicyclic) bond motifs is 5. The first-order valence-electron chi connectivity index (χ1n) is 15.7. The maximum atomic E-state index is 11.9. The Hall–Kier alpha value is -0.340. The molecule has 2 heteroatoms. The summed E-state index contributed by atoms with van der Waals surface area (Å²) in [7, 11) is 0. The molecule has 0 saturated heterocycles. The molecule has 4 rings (SSSR count). The summed E-state index contributed by atoms with van der Waals surface area (Å²) >= 11 is 0. The van der Waals surface area contributed by atoms with Crippen molar-refractivity contribution in [1.82, 2.24) is 0 Å². The van der Waals surface area contributed by atoms with E-state index < -0.39 is 5.60 Å². The molecule has 4 saturated carbocycles. The lowest BCUT2D eigenvalue weighted by Crippen LogP contribution is -2.66. The van der Waals surface area contributed by atoms with E-state index in [9.17, 15) is 10.2 Å². The maximum Gasteiger partial charge on any atom is 0.0654 e. The molecule has 2 nitrogen and oxygen atoms in total. The van der Waals surface area contributed by atoms with Crippen molar-refractivity contribution in [3.05, 3.63) is 11.6 Å². The van der Waals surface area contributed by atoms with Crippen molar-refractivity contribution in [2.45, 2.75) is 151 Å². The summed E-state index contributed by atoms with van der Waals surface area (Å²) in [5, 5.41) is 23.7. The van der Waals surface area contributed by atoms with E-state index >= 15 is 0 Å². The Morgan fingerprint density at radius 2 is 1.61 bits per heavy atom. The fraction of sp³-hybridized carbons (Fsp3) is 0.941. The smallest absolute Gasteiger partial charge is 0.0654 e. The predicted octanol–water partition coefficient (Wildman–Crippen LogP) is 8.95. The average Bonchev–Trinajstić information content (AvgIpc) is 3.15. The third-order valence-corrected chi connectivity index (χ3v) is 13.5. The summed E-state index contributed by atoms with van der Waals surface area (Å²) in [4.78, 5) is 0. The monoisotopic (exact) mass is 500 g/mol. The molecule has 36 heavy (non-hydrogen) atoms. The van der Waals surface area contributed by atoms with Gasteiger partial charge in [-0.15, -0.1) is 0 Å². The minimum absolute atomic E-state index is 0.109. The fourth-order valence-corrected chi connectivity index (χ4v) is 11.3. The molecule has 0 bridgehead atoms. The van der Waals surface area contributed by atoms with Crippen molar-refractivity contribution >= 4 is 0 Å².